The molecule has 5 nitrogen and oxygen atoms in total. The number of benzene rings is 1. The topological polar surface area (TPSA) is 55.2 Å². The molecule has 0 bridgehead atoms. The number of pyridine rings is 1. The Morgan fingerprint density at radius 1 is 1.18 bits per heavy atom. The first-order valence-corrected chi connectivity index (χ1v) is 6.84. The SMILES string of the molecule is CN(C)C(=O)c1ccc(-n2ccc3cc(C=O)cnc32)cc1. The number of fused-ring (bicyclic) bond motifs is 1. The van der Waals surface area contributed by atoms with E-state index < -0.39 is 0 Å². The molecule has 3 aromatic rings. The van der Waals surface area contributed by atoms with Crippen molar-refractivity contribution in [3.63, 3.8) is 0 Å². The minimum absolute atomic E-state index is 0.0299. The average molecular weight is 293 g/mol. The molecule has 0 saturated heterocycles. The number of aldehydes is 1. The van der Waals surface area contributed by atoms with Crippen molar-refractivity contribution in [3.8, 4) is 5.69 Å². The fourth-order valence-electron chi connectivity index (χ4n) is 2.34. The number of rotatable bonds is 3. The molecule has 2 aromatic heterocycles. The van der Waals surface area contributed by atoms with Crippen LogP contribution in [0.3, 0.4) is 0 Å². The molecule has 2 heterocycles. The fraction of sp³-hybridized carbons (Fsp3) is 0.118. The molecule has 0 aliphatic heterocycles. The second kappa shape index (κ2) is 5.44. The van der Waals surface area contributed by atoms with Gasteiger partial charge in [0.15, 0.2) is 6.29 Å². The second-order valence-corrected chi connectivity index (χ2v) is 5.23. The molecule has 0 aliphatic rings. The van der Waals surface area contributed by atoms with Crippen LogP contribution in [0.2, 0.25) is 0 Å². The number of hydrogen-bond donors (Lipinski definition) is 0. The maximum atomic E-state index is 11.9. The average Bonchev–Trinajstić information content (AvgIpc) is 2.97. The Morgan fingerprint density at radius 2 is 1.91 bits per heavy atom. The van der Waals surface area contributed by atoms with Gasteiger partial charge in [0.05, 0.1) is 0 Å². The molecule has 0 saturated carbocycles. The van der Waals surface area contributed by atoms with Gasteiger partial charge in [-0.2, -0.15) is 0 Å². The first-order valence-electron chi connectivity index (χ1n) is 6.84. The van der Waals surface area contributed by atoms with Crippen molar-refractivity contribution in [1.29, 1.82) is 0 Å². The van der Waals surface area contributed by atoms with Crippen molar-refractivity contribution >= 4 is 23.2 Å². The predicted octanol–water partition coefficient (Wildman–Crippen LogP) is 2.54. The molecule has 0 radical (unpaired) electrons. The predicted molar refractivity (Wildman–Crippen MR) is 84.5 cm³/mol. The van der Waals surface area contributed by atoms with Crippen LogP contribution >= 0.6 is 0 Å². The lowest BCUT2D eigenvalue weighted by atomic mass is 10.2. The Labute approximate surface area is 127 Å². The van der Waals surface area contributed by atoms with Crippen LogP contribution in [-0.4, -0.2) is 40.7 Å². The van der Waals surface area contributed by atoms with Gasteiger partial charge in [-0.25, -0.2) is 4.98 Å². The lowest BCUT2D eigenvalue weighted by Gasteiger charge is -2.11. The van der Waals surface area contributed by atoms with E-state index in [4.69, 9.17) is 0 Å². The van der Waals surface area contributed by atoms with Crippen molar-refractivity contribution < 1.29 is 9.59 Å². The minimum Gasteiger partial charge on any atom is -0.345 e. The normalized spacial score (nSPS) is 10.6. The van der Waals surface area contributed by atoms with Crippen LogP contribution in [0.1, 0.15) is 20.7 Å². The third-order valence-corrected chi connectivity index (χ3v) is 3.48. The van der Waals surface area contributed by atoms with Crippen molar-refractivity contribution in [2.24, 2.45) is 0 Å². The summed E-state index contributed by atoms with van der Waals surface area (Å²) in [4.78, 5) is 28.6. The Kier molecular flexibility index (Phi) is 3.47. The van der Waals surface area contributed by atoms with Gasteiger partial charge in [-0.05, 0) is 36.4 Å². The van der Waals surface area contributed by atoms with Crippen LogP contribution in [0.25, 0.3) is 16.7 Å². The highest BCUT2D eigenvalue weighted by molar-refractivity contribution is 5.94. The molecule has 0 atom stereocenters. The largest absolute Gasteiger partial charge is 0.345 e. The van der Waals surface area contributed by atoms with Crippen molar-refractivity contribution in [3.05, 3.63) is 59.9 Å². The minimum atomic E-state index is -0.0299. The summed E-state index contributed by atoms with van der Waals surface area (Å²) in [6.07, 6.45) is 4.23. The van der Waals surface area contributed by atoms with E-state index in [0.29, 0.717) is 11.1 Å². The zero-order valence-corrected chi connectivity index (χ0v) is 12.4. The molecule has 22 heavy (non-hydrogen) atoms. The molecule has 3 rings (SSSR count). The van der Waals surface area contributed by atoms with E-state index in [2.05, 4.69) is 4.98 Å². The maximum absolute atomic E-state index is 11.9. The van der Waals surface area contributed by atoms with E-state index in [1.54, 1.807) is 43.4 Å². The van der Waals surface area contributed by atoms with Crippen LogP contribution in [0, 0.1) is 0 Å². The Balaban J connectivity index is 2.01. The Hall–Kier alpha value is -2.95. The standard InChI is InChI=1S/C17H15N3O2/c1-19(2)17(22)13-3-5-15(6-4-13)20-8-7-14-9-12(11-21)10-18-16(14)20/h3-11H,1-2H3. The number of nitrogens with zero attached hydrogens (tertiary/aromatic N) is 3. The summed E-state index contributed by atoms with van der Waals surface area (Å²) in [5, 5.41) is 0.901. The van der Waals surface area contributed by atoms with Crippen molar-refractivity contribution in [1.82, 2.24) is 14.5 Å². The first-order chi connectivity index (χ1) is 10.6. The first kappa shape index (κ1) is 14.0. The van der Waals surface area contributed by atoms with Crippen molar-refractivity contribution in [2.45, 2.75) is 0 Å². The lowest BCUT2D eigenvalue weighted by Crippen LogP contribution is -2.21. The quantitative estimate of drug-likeness (QED) is 0.697. The van der Waals surface area contributed by atoms with Gasteiger partial charge in [0.25, 0.3) is 5.91 Å². The van der Waals surface area contributed by atoms with E-state index >= 15 is 0 Å². The molecule has 5 heteroatoms. The Morgan fingerprint density at radius 3 is 2.55 bits per heavy atom. The number of amides is 1. The van der Waals surface area contributed by atoms with Crippen LogP contribution in [0.15, 0.2) is 48.8 Å². The molecule has 1 aromatic carbocycles. The molecule has 0 aliphatic carbocycles. The maximum Gasteiger partial charge on any atom is 0.253 e. The van der Waals surface area contributed by atoms with Crippen LogP contribution < -0.4 is 0 Å². The molecule has 0 N–H and O–H groups in total. The zero-order valence-electron chi connectivity index (χ0n) is 12.4. The molecule has 1 amide bonds. The molecule has 0 spiro atoms. The van der Waals surface area contributed by atoms with Gasteiger partial charge in [-0.1, -0.05) is 0 Å². The van der Waals surface area contributed by atoms with Gasteiger partial charge in [-0.3, -0.25) is 9.59 Å². The summed E-state index contributed by atoms with van der Waals surface area (Å²) < 4.78 is 1.92. The fourth-order valence-corrected chi connectivity index (χ4v) is 2.34. The van der Waals surface area contributed by atoms with Gasteiger partial charge >= 0.3 is 0 Å². The van der Waals surface area contributed by atoms with Gasteiger partial charge in [0.2, 0.25) is 0 Å². The highest BCUT2D eigenvalue weighted by Gasteiger charge is 2.09. The van der Waals surface area contributed by atoms with Crippen molar-refractivity contribution in [2.75, 3.05) is 14.1 Å². The molecule has 0 fully saturated rings. The van der Waals surface area contributed by atoms with Crippen LogP contribution in [-0.2, 0) is 0 Å². The summed E-state index contributed by atoms with van der Waals surface area (Å²) in [5.41, 5.74) is 2.88. The third-order valence-electron chi connectivity index (χ3n) is 3.48. The van der Waals surface area contributed by atoms with E-state index in [0.717, 1.165) is 23.0 Å². The van der Waals surface area contributed by atoms with Crippen LogP contribution in [0.4, 0.5) is 0 Å². The summed E-state index contributed by atoms with van der Waals surface area (Å²) in [7, 11) is 3.45. The molecule has 0 unspecified atom stereocenters. The summed E-state index contributed by atoms with van der Waals surface area (Å²) in [6, 6.07) is 11.1. The third kappa shape index (κ3) is 2.37. The molecular formula is C17H15N3O2. The number of hydrogen-bond acceptors (Lipinski definition) is 3. The number of carbonyl (C=O) groups excluding carboxylic acids is 2. The Bertz CT molecular complexity index is 848. The van der Waals surface area contributed by atoms with E-state index in [1.807, 2.05) is 29.0 Å². The van der Waals surface area contributed by atoms with Gasteiger partial charge in [0, 0.05) is 48.7 Å². The van der Waals surface area contributed by atoms with Crippen LogP contribution in [0.5, 0.6) is 0 Å². The lowest BCUT2D eigenvalue weighted by molar-refractivity contribution is 0.0827. The van der Waals surface area contributed by atoms with Gasteiger partial charge in [-0.15, -0.1) is 0 Å². The van der Waals surface area contributed by atoms with Gasteiger partial charge < -0.3 is 9.47 Å². The van der Waals surface area contributed by atoms with E-state index in [1.165, 1.54) is 0 Å². The van der Waals surface area contributed by atoms with Gasteiger partial charge in [0.1, 0.15) is 5.65 Å². The number of aromatic nitrogens is 2. The zero-order chi connectivity index (χ0) is 15.7. The summed E-state index contributed by atoms with van der Waals surface area (Å²) in [5.74, 6) is -0.0299. The molecule has 110 valence electrons. The molecular weight excluding hydrogens is 278 g/mol. The summed E-state index contributed by atoms with van der Waals surface area (Å²) in [6.45, 7) is 0. The van der Waals surface area contributed by atoms with E-state index in [9.17, 15) is 9.59 Å². The second-order valence-electron chi connectivity index (χ2n) is 5.23. The smallest absolute Gasteiger partial charge is 0.253 e. The summed E-state index contributed by atoms with van der Waals surface area (Å²) >= 11 is 0. The van der Waals surface area contributed by atoms with E-state index in [-0.39, 0.29) is 5.91 Å². The number of carbonyl (C=O) groups is 2. The highest BCUT2D eigenvalue weighted by Crippen LogP contribution is 2.20. The monoisotopic (exact) mass is 293 g/mol. The highest BCUT2D eigenvalue weighted by atomic mass is 16.2.